The van der Waals surface area contributed by atoms with E-state index in [-0.39, 0.29) is 0 Å². The lowest BCUT2D eigenvalue weighted by Crippen LogP contribution is -2.22. The number of thiazole rings is 1. The van der Waals surface area contributed by atoms with Gasteiger partial charge in [0.1, 0.15) is 5.75 Å². The fourth-order valence-corrected chi connectivity index (χ4v) is 3.37. The van der Waals surface area contributed by atoms with E-state index in [2.05, 4.69) is 11.4 Å². The number of nitrogens with zero attached hydrogens (tertiary/aromatic N) is 1. The van der Waals surface area contributed by atoms with E-state index in [1.165, 1.54) is 21.1 Å². The number of nitrogens with one attached hydrogen (secondary N) is 1. The summed E-state index contributed by atoms with van der Waals surface area (Å²) >= 11 is 1.82. The number of fused-ring (bicyclic) bond motifs is 1. The van der Waals surface area contributed by atoms with E-state index in [0.717, 1.165) is 31.7 Å². The molecular formula is C14H16N2OS. The van der Waals surface area contributed by atoms with E-state index in [1.54, 1.807) is 7.11 Å². The zero-order chi connectivity index (χ0) is 12.4. The molecule has 0 spiro atoms. The average molecular weight is 260 g/mol. The van der Waals surface area contributed by atoms with Crippen molar-refractivity contribution in [1.82, 2.24) is 10.3 Å². The van der Waals surface area contributed by atoms with Crippen LogP contribution in [0.4, 0.5) is 0 Å². The highest BCUT2D eigenvalue weighted by Crippen LogP contribution is 2.26. The molecule has 1 aromatic carbocycles. The molecular weight excluding hydrogens is 244 g/mol. The van der Waals surface area contributed by atoms with Crippen molar-refractivity contribution in [1.29, 1.82) is 0 Å². The standard InChI is InChI=1S/C14H16N2OS/c1-17-12-5-3-2-4-10(12)8-14-16-11-6-7-15-9-13(11)18-14/h2-5,15H,6-9H2,1H3. The summed E-state index contributed by atoms with van der Waals surface area (Å²) in [5.41, 5.74) is 2.49. The Morgan fingerprint density at radius 2 is 2.28 bits per heavy atom. The van der Waals surface area contributed by atoms with Crippen LogP contribution < -0.4 is 10.1 Å². The molecule has 1 N–H and O–H groups in total. The molecule has 2 aromatic rings. The first-order chi connectivity index (χ1) is 8.86. The van der Waals surface area contributed by atoms with Gasteiger partial charge in [-0.2, -0.15) is 0 Å². The van der Waals surface area contributed by atoms with Crippen LogP contribution in [0.5, 0.6) is 5.75 Å². The fraction of sp³-hybridized carbons (Fsp3) is 0.357. The minimum absolute atomic E-state index is 0.863. The summed E-state index contributed by atoms with van der Waals surface area (Å²) in [6.45, 7) is 2.02. The minimum Gasteiger partial charge on any atom is -0.496 e. The van der Waals surface area contributed by atoms with Crippen LogP contribution in [0.2, 0.25) is 0 Å². The lowest BCUT2D eigenvalue weighted by Gasteiger charge is -2.09. The van der Waals surface area contributed by atoms with Crippen molar-refractivity contribution in [3.05, 3.63) is 45.4 Å². The van der Waals surface area contributed by atoms with Gasteiger partial charge in [0.15, 0.2) is 0 Å². The van der Waals surface area contributed by atoms with E-state index < -0.39 is 0 Å². The Balaban J connectivity index is 1.85. The van der Waals surface area contributed by atoms with Gasteiger partial charge in [0.05, 0.1) is 17.8 Å². The molecule has 0 aliphatic carbocycles. The van der Waals surface area contributed by atoms with Crippen LogP contribution in [-0.4, -0.2) is 18.6 Å². The van der Waals surface area contributed by atoms with Crippen LogP contribution in [0.3, 0.4) is 0 Å². The molecule has 0 unspecified atom stereocenters. The molecule has 0 saturated heterocycles. The first-order valence-electron chi connectivity index (χ1n) is 6.17. The average Bonchev–Trinajstić information content (AvgIpc) is 2.81. The highest BCUT2D eigenvalue weighted by molar-refractivity contribution is 7.11. The highest BCUT2D eigenvalue weighted by atomic mass is 32.1. The maximum atomic E-state index is 5.38. The maximum absolute atomic E-state index is 5.38. The van der Waals surface area contributed by atoms with E-state index >= 15 is 0 Å². The van der Waals surface area contributed by atoms with Gasteiger partial charge in [-0.1, -0.05) is 18.2 Å². The summed E-state index contributed by atoms with van der Waals surface area (Å²) in [4.78, 5) is 6.14. The number of benzene rings is 1. The molecule has 3 nitrogen and oxygen atoms in total. The molecule has 18 heavy (non-hydrogen) atoms. The van der Waals surface area contributed by atoms with Crippen molar-refractivity contribution < 1.29 is 4.74 Å². The Hall–Kier alpha value is -1.39. The highest BCUT2D eigenvalue weighted by Gasteiger charge is 2.15. The van der Waals surface area contributed by atoms with E-state index in [9.17, 15) is 0 Å². The number of aromatic nitrogens is 1. The van der Waals surface area contributed by atoms with Gasteiger partial charge in [0.25, 0.3) is 0 Å². The fourth-order valence-electron chi connectivity index (χ4n) is 2.27. The molecule has 0 atom stereocenters. The quantitative estimate of drug-likeness (QED) is 0.920. The second kappa shape index (κ2) is 5.08. The zero-order valence-electron chi connectivity index (χ0n) is 10.4. The van der Waals surface area contributed by atoms with Gasteiger partial charge in [-0.05, 0) is 6.07 Å². The van der Waals surface area contributed by atoms with Crippen LogP contribution in [0, 0.1) is 0 Å². The molecule has 0 bridgehead atoms. The molecule has 2 heterocycles. The van der Waals surface area contributed by atoms with Gasteiger partial charge < -0.3 is 10.1 Å². The maximum Gasteiger partial charge on any atom is 0.122 e. The predicted molar refractivity (Wildman–Crippen MR) is 73.3 cm³/mol. The Kier molecular flexibility index (Phi) is 3.30. The second-order valence-corrected chi connectivity index (χ2v) is 5.56. The molecule has 3 rings (SSSR count). The van der Waals surface area contributed by atoms with Crippen LogP contribution in [0.15, 0.2) is 24.3 Å². The SMILES string of the molecule is COc1ccccc1Cc1nc2c(s1)CNCC2. The monoisotopic (exact) mass is 260 g/mol. The lowest BCUT2D eigenvalue weighted by atomic mass is 10.1. The van der Waals surface area contributed by atoms with Crippen LogP contribution in [0.1, 0.15) is 21.1 Å². The van der Waals surface area contributed by atoms with E-state index in [0.29, 0.717) is 0 Å². The second-order valence-electron chi connectivity index (χ2n) is 4.39. The van der Waals surface area contributed by atoms with Gasteiger partial charge in [-0.3, -0.25) is 0 Å². The Morgan fingerprint density at radius 1 is 1.39 bits per heavy atom. The first kappa shape index (κ1) is 11.7. The molecule has 1 aliphatic rings. The van der Waals surface area contributed by atoms with E-state index in [4.69, 9.17) is 9.72 Å². The molecule has 0 fully saturated rings. The molecule has 94 valence electrons. The molecule has 1 aliphatic heterocycles. The minimum atomic E-state index is 0.863. The molecule has 0 amide bonds. The van der Waals surface area contributed by atoms with Crippen LogP contribution in [0.25, 0.3) is 0 Å². The normalized spacial score (nSPS) is 14.3. The van der Waals surface area contributed by atoms with Gasteiger partial charge in [0, 0.05) is 36.4 Å². The number of para-hydroxylation sites is 1. The summed E-state index contributed by atoms with van der Waals surface area (Å²) in [6.07, 6.45) is 1.92. The van der Waals surface area contributed by atoms with Gasteiger partial charge >= 0.3 is 0 Å². The van der Waals surface area contributed by atoms with Crippen molar-refractivity contribution in [2.75, 3.05) is 13.7 Å². The Bertz CT molecular complexity index is 527. The van der Waals surface area contributed by atoms with Gasteiger partial charge in [-0.15, -0.1) is 11.3 Å². The van der Waals surface area contributed by atoms with Crippen molar-refractivity contribution in [3.8, 4) is 5.75 Å². The van der Waals surface area contributed by atoms with Crippen molar-refractivity contribution >= 4 is 11.3 Å². The predicted octanol–water partition coefficient (Wildman–Crippen LogP) is 2.39. The van der Waals surface area contributed by atoms with Crippen LogP contribution in [-0.2, 0) is 19.4 Å². The van der Waals surface area contributed by atoms with Crippen molar-refractivity contribution in [2.24, 2.45) is 0 Å². The Labute approximate surface area is 111 Å². The molecule has 4 heteroatoms. The number of hydrogen-bond donors (Lipinski definition) is 1. The topological polar surface area (TPSA) is 34.1 Å². The molecule has 1 aromatic heterocycles. The summed E-state index contributed by atoms with van der Waals surface area (Å²) in [7, 11) is 1.72. The Morgan fingerprint density at radius 3 is 3.11 bits per heavy atom. The zero-order valence-corrected chi connectivity index (χ0v) is 11.2. The summed E-state index contributed by atoms with van der Waals surface area (Å²) < 4.78 is 5.38. The van der Waals surface area contributed by atoms with E-state index in [1.807, 2.05) is 29.5 Å². The molecule has 0 radical (unpaired) electrons. The summed E-state index contributed by atoms with van der Waals surface area (Å²) in [6, 6.07) is 8.16. The lowest BCUT2D eigenvalue weighted by molar-refractivity contribution is 0.410. The third kappa shape index (κ3) is 2.26. The number of methoxy groups -OCH3 is 1. The summed E-state index contributed by atoms with van der Waals surface area (Å²) in [5, 5.41) is 4.57. The smallest absolute Gasteiger partial charge is 0.122 e. The number of ether oxygens (including phenoxy) is 1. The van der Waals surface area contributed by atoms with Crippen molar-refractivity contribution in [2.45, 2.75) is 19.4 Å². The largest absolute Gasteiger partial charge is 0.496 e. The summed E-state index contributed by atoms with van der Waals surface area (Å²) in [5.74, 6) is 0.948. The van der Waals surface area contributed by atoms with Crippen molar-refractivity contribution in [3.63, 3.8) is 0 Å². The van der Waals surface area contributed by atoms with Gasteiger partial charge in [-0.25, -0.2) is 4.98 Å². The number of hydrogen-bond acceptors (Lipinski definition) is 4. The molecule has 0 saturated carbocycles. The van der Waals surface area contributed by atoms with Crippen LogP contribution >= 0.6 is 11.3 Å². The van der Waals surface area contributed by atoms with Gasteiger partial charge in [0.2, 0.25) is 0 Å². The first-order valence-corrected chi connectivity index (χ1v) is 6.98. The number of rotatable bonds is 3. The third-order valence-corrected chi connectivity index (χ3v) is 4.28. The third-order valence-electron chi connectivity index (χ3n) is 3.18.